The molecule has 0 aliphatic carbocycles. The molecule has 1 aliphatic heterocycles. The summed E-state index contributed by atoms with van der Waals surface area (Å²) in [6.07, 6.45) is 1.34. The Morgan fingerprint density at radius 1 is 1.59 bits per heavy atom. The number of amides is 1. The van der Waals surface area contributed by atoms with Crippen molar-refractivity contribution < 1.29 is 9.53 Å². The normalized spacial score (nSPS) is 14.5. The molecule has 1 aliphatic rings. The minimum Gasteiger partial charge on any atom is -0.375 e. The zero-order chi connectivity index (χ0) is 12.3. The second-order valence-corrected chi connectivity index (χ2v) is 4.58. The lowest BCUT2D eigenvalue weighted by molar-refractivity contribution is -0.114. The van der Waals surface area contributed by atoms with Crippen LogP contribution in [-0.2, 0) is 16.1 Å². The van der Waals surface area contributed by atoms with Crippen LogP contribution < -0.4 is 4.90 Å². The molecule has 1 aromatic carbocycles. The molecule has 0 radical (unpaired) electrons. The predicted octanol–water partition coefficient (Wildman–Crippen LogP) is 2.65. The van der Waals surface area contributed by atoms with Crippen molar-refractivity contribution in [2.75, 3.05) is 18.1 Å². The van der Waals surface area contributed by atoms with Crippen LogP contribution in [0.2, 0.25) is 0 Å². The van der Waals surface area contributed by atoms with Gasteiger partial charge in [0.25, 0.3) is 5.91 Å². The molecule has 0 atom stereocenters. The number of anilines is 1. The van der Waals surface area contributed by atoms with Gasteiger partial charge < -0.3 is 9.64 Å². The molecule has 0 spiro atoms. The van der Waals surface area contributed by atoms with E-state index in [2.05, 4.69) is 28.2 Å². The molecule has 0 bridgehead atoms. The largest absolute Gasteiger partial charge is 0.375 e. The second-order valence-electron chi connectivity index (χ2n) is 3.66. The number of rotatable bonds is 1. The van der Waals surface area contributed by atoms with Crippen LogP contribution in [0.25, 0.3) is 0 Å². The molecule has 0 saturated carbocycles. The Kier molecular flexibility index (Phi) is 3.79. The van der Waals surface area contributed by atoms with E-state index in [-0.39, 0.29) is 5.91 Å². The first kappa shape index (κ1) is 12.1. The van der Waals surface area contributed by atoms with Gasteiger partial charge in [-0.15, -0.1) is 5.73 Å². The predicted molar refractivity (Wildman–Crippen MR) is 69.9 cm³/mol. The van der Waals surface area contributed by atoms with Crippen molar-refractivity contribution in [2.45, 2.75) is 6.61 Å². The fourth-order valence-corrected chi connectivity index (χ4v) is 2.19. The zero-order valence-corrected chi connectivity index (χ0v) is 10.9. The standard InChI is InChI=1S/C13H12BrNO2/c1-2-3-13(16)15-6-7-17-9-10-8-11(14)4-5-12(10)15/h3-5,8H,1,6-7,9H2. The molecule has 0 aromatic heterocycles. The van der Waals surface area contributed by atoms with Crippen LogP contribution in [0.3, 0.4) is 0 Å². The third-order valence-corrected chi connectivity index (χ3v) is 3.03. The SMILES string of the molecule is C=C=CC(=O)N1CCOCc2cc(Br)ccc21. The molecule has 17 heavy (non-hydrogen) atoms. The van der Waals surface area contributed by atoms with E-state index in [1.807, 2.05) is 18.2 Å². The molecule has 88 valence electrons. The number of fused-ring (bicyclic) bond motifs is 1. The molecule has 1 amide bonds. The molecule has 0 unspecified atom stereocenters. The quantitative estimate of drug-likeness (QED) is 0.588. The Labute approximate surface area is 109 Å². The smallest absolute Gasteiger partial charge is 0.258 e. The Balaban J connectivity index is 2.43. The van der Waals surface area contributed by atoms with Gasteiger partial charge in [0.05, 0.1) is 13.2 Å². The molecule has 1 heterocycles. The molecule has 3 nitrogen and oxygen atoms in total. The summed E-state index contributed by atoms with van der Waals surface area (Å²) in [6, 6.07) is 5.81. The average Bonchev–Trinajstić information content (AvgIpc) is 2.51. The fourth-order valence-electron chi connectivity index (χ4n) is 1.79. The summed E-state index contributed by atoms with van der Waals surface area (Å²) in [5.74, 6) is -0.117. The first-order chi connectivity index (χ1) is 8.22. The van der Waals surface area contributed by atoms with Gasteiger partial charge >= 0.3 is 0 Å². The number of hydrogen-bond acceptors (Lipinski definition) is 2. The van der Waals surface area contributed by atoms with Gasteiger partial charge in [-0.05, 0) is 18.2 Å². The summed E-state index contributed by atoms with van der Waals surface area (Å²) in [6.45, 7) is 5.02. The van der Waals surface area contributed by atoms with Crippen molar-refractivity contribution in [1.82, 2.24) is 0 Å². The molecular formula is C13H12BrNO2. The Hall–Kier alpha value is -1.35. The topological polar surface area (TPSA) is 29.5 Å². The number of carbonyl (C=O) groups excluding carboxylic acids is 1. The van der Waals surface area contributed by atoms with E-state index in [4.69, 9.17) is 4.74 Å². The lowest BCUT2D eigenvalue weighted by atomic mass is 10.1. The molecule has 2 rings (SSSR count). The Bertz CT molecular complexity index is 492. The van der Waals surface area contributed by atoms with Gasteiger partial charge in [0.2, 0.25) is 0 Å². The third-order valence-electron chi connectivity index (χ3n) is 2.54. The van der Waals surface area contributed by atoms with Crippen LogP contribution in [0.4, 0.5) is 5.69 Å². The lowest BCUT2D eigenvalue weighted by Crippen LogP contribution is -2.31. The zero-order valence-electron chi connectivity index (χ0n) is 9.28. The van der Waals surface area contributed by atoms with Crippen molar-refractivity contribution in [3.63, 3.8) is 0 Å². The highest BCUT2D eigenvalue weighted by Crippen LogP contribution is 2.27. The van der Waals surface area contributed by atoms with E-state index >= 15 is 0 Å². The summed E-state index contributed by atoms with van der Waals surface area (Å²) >= 11 is 3.41. The molecular weight excluding hydrogens is 282 g/mol. The highest BCUT2D eigenvalue weighted by atomic mass is 79.9. The van der Waals surface area contributed by atoms with Crippen molar-refractivity contribution in [3.8, 4) is 0 Å². The monoisotopic (exact) mass is 293 g/mol. The number of benzene rings is 1. The van der Waals surface area contributed by atoms with Gasteiger partial charge in [-0.3, -0.25) is 4.79 Å². The molecule has 1 aromatic rings. The van der Waals surface area contributed by atoms with E-state index < -0.39 is 0 Å². The molecule has 4 heteroatoms. The number of hydrogen-bond donors (Lipinski definition) is 0. The minimum absolute atomic E-state index is 0.117. The van der Waals surface area contributed by atoms with Crippen LogP contribution in [0, 0.1) is 0 Å². The summed E-state index contributed by atoms with van der Waals surface area (Å²) in [7, 11) is 0. The van der Waals surface area contributed by atoms with E-state index in [9.17, 15) is 4.79 Å². The van der Waals surface area contributed by atoms with E-state index in [0.29, 0.717) is 19.8 Å². The highest BCUT2D eigenvalue weighted by molar-refractivity contribution is 9.10. The van der Waals surface area contributed by atoms with Crippen LogP contribution in [-0.4, -0.2) is 19.1 Å². The maximum absolute atomic E-state index is 11.9. The number of ether oxygens (including phenoxy) is 1. The second kappa shape index (κ2) is 5.32. The fraction of sp³-hybridized carbons (Fsp3) is 0.231. The summed E-state index contributed by atoms with van der Waals surface area (Å²) in [4.78, 5) is 13.6. The van der Waals surface area contributed by atoms with Gasteiger partial charge in [-0.25, -0.2) is 0 Å². The van der Waals surface area contributed by atoms with Crippen LogP contribution >= 0.6 is 15.9 Å². The van der Waals surface area contributed by atoms with Crippen molar-refractivity contribution in [3.05, 3.63) is 46.6 Å². The van der Waals surface area contributed by atoms with Crippen LogP contribution in [0.1, 0.15) is 5.56 Å². The van der Waals surface area contributed by atoms with E-state index in [1.54, 1.807) is 4.90 Å². The third kappa shape index (κ3) is 2.67. The maximum Gasteiger partial charge on any atom is 0.258 e. The van der Waals surface area contributed by atoms with Gasteiger partial charge in [0.1, 0.15) is 0 Å². The van der Waals surface area contributed by atoms with E-state index in [0.717, 1.165) is 15.7 Å². The highest BCUT2D eigenvalue weighted by Gasteiger charge is 2.19. The van der Waals surface area contributed by atoms with Gasteiger partial charge in [0.15, 0.2) is 0 Å². The summed E-state index contributed by atoms with van der Waals surface area (Å²) in [5, 5.41) is 0. The molecule has 0 saturated heterocycles. The number of carbonyl (C=O) groups is 1. The van der Waals surface area contributed by atoms with Gasteiger partial charge in [-0.2, -0.15) is 0 Å². The number of nitrogens with zero attached hydrogens (tertiary/aromatic N) is 1. The van der Waals surface area contributed by atoms with Crippen molar-refractivity contribution in [1.29, 1.82) is 0 Å². The summed E-state index contributed by atoms with van der Waals surface area (Å²) < 4.78 is 6.45. The Morgan fingerprint density at radius 3 is 3.18 bits per heavy atom. The number of halogens is 1. The lowest BCUT2D eigenvalue weighted by Gasteiger charge is -2.20. The van der Waals surface area contributed by atoms with Crippen molar-refractivity contribution in [2.24, 2.45) is 0 Å². The minimum atomic E-state index is -0.117. The molecule has 0 fully saturated rings. The average molecular weight is 294 g/mol. The first-order valence-electron chi connectivity index (χ1n) is 5.26. The first-order valence-corrected chi connectivity index (χ1v) is 6.05. The Morgan fingerprint density at radius 2 is 2.41 bits per heavy atom. The van der Waals surface area contributed by atoms with Crippen LogP contribution in [0.15, 0.2) is 41.1 Å². The van der Waals surface area contributed by atoms with Gasteiger partial charge in [-0.1, -0.05) is 22.5 Å². The maximum atomic E-state index is 11.9. The summed E-state index contributed by atoms with van der Waals surface area (Å²) in [5.41, 5.74) is 4.40. The molecule has 0 N–H and O–H groups in total. The van der Waals surface area contributed by atoms with Crippen LogP contribution in [0.5, 0.6) is 0 Å². The van der Waals surface area contributed by atoms with Crippen molar-refractivity contribution >= 4 is 27.5 Å². The van der Waals surface area contributed by atoms with E-state index in [1.165, 1.54) is 6.08 Å². The van der Waals surface area contributed by atoms with Gasteiger partial charge in [0, 0.05) is 28.3 Å².